The van der Waals surface area contributed by atoms with Crippen molar-refractivity contribution in [3.63, 3.8) is 0 Å². The highest BCUT2D eigenvalue weighted by Gasteiger charge is 2.36. The van der Waals surface area contributed by atoms with Crippen LogP contribution in [-0.2, 0) is 14.4 Å². The van der Waals surface area contributed by atoms with Crippen LogP contribution in [0.5, 0.6) is 0 Å². The second kappa shape index (κ2) is 6.36. The number of carboxylic acids is 1. The van der Waals surface area contributed by atoms with Crippen molar-refractivity contribution in [2.24, 2.45) is 5.73 Å². The number of rotatable bonds is 4. The molecule has 2 rings (SSSR count). The summed E-state index contributed by atoms with van der Waals surface area (Å²) in [5, 5.41) is 11.5. The maximum atomic E-state index is 12.5. The summed E-state index contributed by atoms with van der Waals surface area (Å²) in [5.74, 6) is -2.04. The Hall–Kier alpha value is -2.41. The Morgan fingerprint density at radius 3 is 2.67 bits per heavy atom. The summed E-state index contributed by atoms with van der Waals surface area (Å²) in [4.78, 5) is 36.4. The molecule has 2 amide bonds. The van der Waals surface area contributed by atoms with Gasteiger partial charge >= 0.3 is 5.97 Å². The number of piperazine rings is 1. The second-order valence-electron chi connectivity index (χ2n) is 4.82. The summed E-state index contributed by atoms with van der Waals surface area (Å²) in [6, 6.07) is 6.85. The van der Waals surface area contributed by atoms with Gasteiger partial charge in [0, 0.05) is 13.1 Å². The lowest BCUT2D eigenvalue weighted by molar-refractivity contribution is -0.149. The van der Waals surface area contributed by atoms with Gasteiger partial charge in [-0.2, -0.15) is 0 Å². The molecule has 7 nitrogen and oxygen atoms in total. The topological polar surface area (TPSA) is 113 Å². The van der Waals surface area contributed by atoms with Crippen molar-refractivity contribution in [2.75, 3.05) is 13.1 Å². The van der Waals surface area contributed by atoms with Crippen LogP contribution in [-0.4, -0.2) is 46.9 Å². The third kappa shape index (κ3) is 3.38. The molecule has 0 bridgehead atoms. The smallest absolute Gasteiger partial charge is 0.305 e. The normalized spacial score (nSPS) is 19.8. The Balaban J connectivity index is 2.19. The monoisotopic (exact) mass is 291 g/mol. The minimum Gasteiger partial charge on any atom is -0.481 e. The van der Waals surface area contributed by atoms with E-state index in [9.17, 15) is 14.4 Å². The lowest BCUT2D eigenvalue weighted by Gasteiger charge is -2.35. The van der Waals surface area contributed by atoms with Crippen LogP contribution in [0.3, 0.4) is 0 Å². The zero-order valence-corrected chi connectivity index (χ0v) is 11.4. The summed E-state index contributed by atoms with van der Waals surface area (Å²) in [6.45, 7) is 0.547. The fourth-order valence-corrected chi connectivity index (χ4v) is 2.33. The fraction of sp³-hybridized carbons (Fsp3) is 0.357. The third-order valence-corrected chi connectivity index (χ3v) is 3.41. The van der Waals surface area contributed by atoms with Gasteiger partial charge in [0.15, 0.2) is 0 Å². The lowest BCUT2D eigenvalue weighted by atomic mass is 10.0. The van der Waals surface area contributed by atoms with Crippen molar-refractivity contribution in [1.29, 1.82) is 0 Å². The molecule has 1 heterocycles. The van der Waals surface area contributed by atoms with Crippen molar-refractivity contribution in [3.8, 4) is 0 Å². The molecular formula is C14H17N3O4. The summed E-state index contributed by atoms with van der Waals surface area (Å²) in [6.07, 6.45) is -0.431. The minimum atomic E-state index is -1.14. The highest BCUT2D eigenvalue weighted by Crippen LogP contribution is 2.17. The molecule has 1 unspecified atom stereocenters. The highest BCUT2D eigenvalue weighted by molar-refractivity contribution is 5.93. The van der Waals surface area contributed by atoms with Crippen molar-refractivity contribution >= 4 is 17.8 Å². The first-order valence-corrected chi connectivity index (χ1v) is 6.61. The van der Waals surface area contributed by atoms with Crippen molar-refractivity contribution in [3.05, 3.63) is 35.9 Å². The number of nitrogens with zero attached hydrogens (tertiary/aromatic N) is 1. The third-order valence-electron chi connectivity index (χ3n) is 3.41. The number of carbonyl (C=O) groups is 3. The van der Waals surface area contributed by atoms with Gasteiger partial charge in [0.2, 0.25) is 11.8 Å². The van der Waals surface area contributed by atoms with Gasteiger partial charge in [-0.25, -0.2) is 0 Å². The first-order chi connectivity index (χ1) is 10.0. The fourth-order valence-electron chi connectivity index (χ4n) is 2.33. The van der Waals surface area contributed by atoms with Gasteiger partial charge in [-0.1, -0.05) is 30.3 Å². The van der Waals surface area contributed by atoms with E-state index in [2.05, 4.69) is 5.32 Å². The van der Waals surface area contributed by atoms with Gasteiger partial charge in [-0.05, 0) is 5.56 Å². The number of nitrogens with one attached hydrogen (secondary N) is 1. The summed E-state index contributed by atoms with van der Waals surface area (Å²) < 4.78 is 0. The van der Waals surface area contributed by atoms with Crippen LogP contribution >= 0.6 is 0 Å². The van der Waals surface area contributed by atoms with E-state index in [0.717, 1.165) is 0 Å². The van der Waals surface area contributed by atoms with Gasteiger partial charge in [-0.3, -0.25) is 14.4 Å². The van der Waals surface area contributed by atoms with Gasteiger partial charge in [0.05, 0.1) is 6.42 Å². The summed E-state index contributed by atoms with van der Waals surface area (Å²) in [7, 11) is 0. The maximum Gasteiger partial charge on any atom is 0.305 e. The van der Waals surface area contributed by atoms with E-state index in [1.807, 2.05) is 6.07 Å². The van der Waals surface area contributed by atoms with E-state index in [1.165, 1.54) is 4.90 Å². The Labute approximate surface area is 121 Å². The number of carbonyl (C=O) groups excluding carboxylic acids is 2. The number of aliphatic carboxylic acids is 1. The van der Waals surface area contributed by atoms with E-state index in [4.69, 9.17) is 10.8 Å². The number of amides is 2. The molecule has 1 aromatic rings. The molecule has 0 radical (unpaired) electrons. The molecule has 1 saturated heterocycles. The number of carboxylic acid groups (broad SMARTS) is 1. The Bertz CT molecular complexity index is 546. The molecule has 112 valence electrons. The molecule has 0 aromatic heterocycles. The number of hydrogen-bond acceptors (Lipinski definition) is 4. The minimum absolute atomic E-state index is 0.253. The van der Waals surface area contributed by atoms with Crippen LogP contribution in [0.25, 0.3) is 0 Å². The van der Waals surface area contributed by atoms with Gasteiger partial charge < -0.3 is 21.1 Å². The van der Waals surface area contributed by atoms with E-state index < -0.39 is 36.3 Å². The van der Waals surface area contributed by atoms with E-state index in [0.29, 0.717) is 12.1 Å². The number of nitrogens with two attached hydrogens (primary N) is 1. The molecule has 0 spiro atoms. The summed E-state index contributed by atoms with van der Waals surface area (Å²) >= 11 is 0. The van der Waals surface area contributed by atoms with E-state index >= 15 is 0 Å². The zero-order chi connectivity index (χ0) is 15.4. The second-order valence-corrected chi connectivity index (χ2v) is 4.82. The largest absolute Gasteiger partial charge is 0.481 e. The van der Waals surface area contributed by atoms with Crippen LogP contribution in [0, 0.1) is 0 Å². The SMILES string of the molecule is N[C@H](C(=O)N1CCNC(=O)C1CC(=O)O)c1ccccc1. The van der Waals surface area contributed by atoms with Crippen molar-refractivity contribution < 1.29 is 19.5 Å². The molecule has 1 aromatic carbocycles. The van der Waals surface area contributed by atoms with Crippen LogP contribution in [0.1, 0.15) is 18.0 Å². The average Bonchev–Trinajstić information content (AvgIpc) is 2.48. The van der Waals surface area contributed by atoms with Crippen LogP contribution in [0.15, 0.2) is 30.3 Å². The molecule has 1 aliphatic rings. The standard InChI is InChI=1S/C14H17N3O4/c15-12(9-4-2-1-3-5-9)14(21)17-7-6-16-13(20)10(17)8-11(18)19/h1-5,10,12H,6-8,15H2,(H,16,20)(H,18,19)/t10?,12-/m0/s1. The summed E-state index contributed by atoms with van der Waals surface area (Å²) in [5.41, 5.74) is 6.56. The van der Waals surface area contributed by atoms with Crippen molar-refractivity contribution in [1.82, 2.24) is 10.2 Å². The molecule has 7 heteroatoms. The molecule has 2 atom stereocenters. The van der Waals surface area contributed by atoms with Crippen LogP contribution < -0.4 is 11.1 Å². The quantitative estimate of drug-likeness (QED) is 0.691. The zero-order valence-electron chi connectivity index (χ0n) is 11.4. The molecular weight excluding hydrogens is 274 g/mol. The first kappa shape index (κ1) is 15.0. The maximum absolute atomic E-state index is 12.5. The van der Waals surface area contributed by atoms with E-state index in [1.54, 1.807) is 24.3 Å². The number of benzene rings is 1. The first-order valence-electron chi connectivity index (χ1n) is 6.61. The molecule has 1 fully saturated rings. The van der Waals surface area contributed by atoms with Gasteiger partial charge in [-0.15, -0.1) is 0 Å². The number of hydrogen-bond donors (Lipinski definition) is 3. The predicted molar refractivity (Wildman–Crippen MR) is 74.1 cm³/mol. The lowest BCUT2D eigenvalue weighted by Crippen LogP contribution is -2.59. The molecule has 21 heavy (non-hydrogen) atoms. The Morgan fingerprint density at radius 1 is 1.38 bits per heavy atom. The highest BCUT2D eigenvalue weighted by atomic mass is 16.4. The molecule has 1 aliphatic heterocycles. The average molecular weight is 291 g/mol. The molecule has 0 saturated carbocycles. The van der Waals surface area contributed by atoms with Crippen LogP contribution in [0.4, 0.5) is 0 Å². The van der Waals surface area contributed by atoms with Crippen molar-refractivity contribution in [2.45, 2.75) is 18.5 Å². The van der Waals surface area contributed by atoms with E-state index in [-0.39, 0.29) is 6.54 Å². The van der Waals surface area contributed by atoms with Crippen LogP contribution in [0.2, 0.25) is 0 Å². The Morgan fingerprint density at radius 2 is 2.05 bits per heavy atom. The predicted octanol–water partition coefficient (Wildman–Crippen LogP) is -0.512. The van der Waals surface area contributed by atoms with Gasteiger partial charge in [0.25, 0.3) is 0 Å². The molecule has 0 aliphatic carbocycles. The molecule has 4 N–H and O–H groups in total. The Kier molecular flexibility index (Phi) is 4.54. The van der Waals surface area contributed by atoms with Gasteiger partial charge in [0.1, 0.15) is 12.1 Å².